The second-order valence-electron chi connectivity index (χ2n) is 5.24. The Morgan fingerprint density at radius 1 is 1.28 bits per heavy atom. The molecule has 0 bridgehead atoms. The standard InChI is InChI=1S/C15H21BrFN/c1-2-18-10-13-5-3-4-12(13)6-11-7-14(16)9-15(17)8-11/h7-9,12-13,18H,2-6,10H2,1H3. The van der Waals surface area contributed by atoms with Gasteiger partial charge in [0, 0.05) is 4.47 Å². The number of halogens is 2. The Balaban J connectivity index is 1.98. The molecule has 100 valence electrons. The third-order valence-corrected chi connectivity index (χ3v) is 4.35. The van der Waals surface area contributed by atoms with Crippen molar-refractivity contribution in [3.63, 3.8) is 0 Å². The summed E-state index contributed by atoms with van der Waals surface area (Å²) < 4.78 is 14.2. The van der Waals surface area contributed by atoms with Crippen LogP contribution in [0.2, 0.25) is 0 Å². The molecular weight excluding hydrogens is 293 g/mol. The molecule has 1 fully saturated rings. The number of benzene rings is 1. The van der Waals surface area contributed by atoms with E-state index >= 15 is 0 Å². The maximum Gasteiger partial charge on any atom is 0.124 e. The largest absolute Gasteiger partial charge is 0.317 e. The van der Waals surface area contributed by atoms with Crippen molar-refractivity contribution >= 4 is 15.9 Å². The fourth-order valence-electron chi connectivity index (χ4n) is 3.01. The van der Waals surface area contributed by atoms with Crippen molar-refractivity contribution in [2.45, 2.75) is 32.6 Å². The van der Waals surface area contributed by atoms with Crippen LogP contribution in [0.25, 0.3) is 0 Å². The van der Waals surface area contributed by atoms with Crippen LogP contribution in [-0.4, -0.2) is 13.1 Å². The van der Waals surface area contributed by atoms with Gasteiger partial charge in [-0.15, -0.1) is 0 Å². The van der Waals surface area contributed by atoms with E-state index in [1.807, 2.05) is 6.07 Å². The van der Waals surface area contributed by atoms with E-state index in [-0.39, 0.29) is 5.82 Å². The lowest BCUT2D eigenvalue weighted by atomic mass is 9.89. The smallest absolute Gasteiger partial charge is 0.124 e. The van der Waals surface area contributed by atoms with Crippen molar-refractivity contribution in [1.29, 1.82) is 0 Å². The van der Waals surface area contributed by atoms with Crippen molar-refractivity contribution in [3.05, 3.63) is 34.1 Å². The Morgan fingerprint density at radius 3 is 2.78 bits per heavy atom. The summed E-state index contributed by atoms with van der Waals surface area (Å²) in [6.07, 6.45) is 4.92. The molecule has 0 radical (unpaired) electrons. The van der Waals surface area contributed by atoms with E-state index in [0.29, 0.717) is 5.92 Å². The molecule has 0 heterocycles. The van der Waals surface area contributed by atoms with Crippen LogP contribution < -0.4 is 5.32 Å². The molecule has 1 aliphatic rings. The van der Waals surface area contributed by atoms with Crippen molar-refractivity contribution in [2.75, 3.05) is 13.1 Å². The summed E-state index contributed by atoms with van der Waals surface area (Å²) in [5.74, 6) is 1.32. The molecule has 1 aliphatic carbocycles. The van der Waals surface area contributed by atoms with Crippen LogP contribution in [0.5, 0.6) is 0 Å². The van der Waals surface area contributed by atoms with Gasteiger partial charge in [-0.2, -0.15) is 0 Å². The SMILES string of the molecule is CCNCC1CCCC1Cc1cc(F)cc(Br)c1. The van der Waals surface area contributed by atoms with Crippen LogP contribution in [0.15, 0.2) is 22.7 Å². The zero-order valence-electron chi connectivity index (χ0n) is 10.9. The summed E-state index contributed by atoms with van der Waals surface area (Å²) >= 11 is 3.37. The summed E-state index contributed by atoms with van der Waals surface area (Å²) in [4.78, 5) is 0. The molecule has 2 unspecified atom stereocenters. The molecule has 0 amide bonds. The predicted octanol–water partition coefficient (Wildman–Crippen LogP) is 4.16. The topological polar surface area (TPSA) is 12.0 Å². The van der Waals surface area contributed by atoms with Crippen molar-refractivity contribution in [2.24, 2.45) is 11.8 Å². The number of rotatable bonds is 5. The van der Waals surface area contributed by atoms with Crippen LogP contribution >= 0.6 is 15.9 Å². The van der Waals surface area contributed by atoms with E-state index in [4.69, 9.17) is 0 Å². The molecule has 3 heteroatoms. The minimum atomic E-state index is -0.138. The molecule has 2 atom stereocenters. The molecule has 0 aromatic heterocycles. The Labute approximate surface area is 117 Å². The van der Waals surface area contributed by atoms with Gasteiger partial charge in [0.1, 0.15) is 5.82 Å². The fraction of sp³-hybridized carbons (Fsp3) is 0.600. The molecule has 2 rings (SSSR count). The average Bonchev–Trinajstić information content (AvgIpc) is 2.72. The van der Waals surface area contributed by atoms with E-state index in [0.717, 1.165) is 35.5 Å². The van der Waals surface area contributed by atoms with Gasteiger partial charge < -0.3 is 5.32 Å². The third kappa shape index (κ3) is 3.79. The van der Waals surface area contributed by atoms with E-state index in [1.165, 1.54) is 25.3 Å². The Morgan fingerprint density at radius 2 is 2.06 bits per heavy atom. The zero-order valence-corrected chi connectivity index (χ0v) is 12.5. The second kappa shape index (κ2) is 6.67. The highest BCUT2D eigenvalue weighted by Crippen LogP contribution is 2.34. The van der Waals surface area contributed by atoms with Gasteiger partial charge in [-0.1, -0.05) is 29.3 Å². The average molecular weight is 314 g/mol. The molecule has 0 saturated heterocycles. The van der Waals surface area contributed by atoms with Gasteiger partial charge in [-0.3, -0.25) is 0 Å². The van der Waals surface area contributed by atoms with Gasteiger partial charge >= 0.3 is 0 Å². The summed E-state index contributed by atoms with van der Waals surface area (Å²) in [6, 6.07) is 5.24. The molecule has 1 aromatic carbocycles. The highest BCUT2D eigenvalue weighted by Gasteiger charge is 2.26. The van der Waals surface area contributed by atoms with Crippen molar-refractivity contribution < 1.29 is 4.39 Å². The molecule has 1 nitrogen and oxygen atoms in total. The Kier molecular flexibility index (Phi) is 5.19. The minimum absolute atomic E-state index is 0.138. The molecule has 1 N–H and O–H groups in total. The summed E-state index contributed by atoms with van der Waals surface area (Å²) in [5, 5.41) is 3.45. The van der Waals surface area contributed by atoms with Crippen molar-refractivity contribution in [1.82, 2.24) is 5.32 Å². The number of nitrogens with one attached hydrogen (secondary N) is 1. The van der Waals surface area contributed by atoms with E-state index in [1.54, 1.807) is 6.07 Å². The van der Waals surface area contributed by atoms with E-state index in [2.05, 4.69) is 28.2 Å². The highest BCUT2D eigenvalue weighted by molar-refractivity contribution is 9.10. The zero-order chi connectivity index (χ0) is 13.0. The molecule has 1 saturated carbocycles. The highest BCUT2D eigenvalue weighted by atomic mass is 79.9. The Bertz CT molecular complexity index is 374. The van der Waals surface area contributed by atoms with Crippen LogP contribution in [0.3, 0.4) is 0 Å². The van der Waals surface area contributed by atoms with Gasteiger partial charge in [0.15, 0.2) is 0 Å². The summed E-state index contributed by atoms with van der Waals surface area (Å²) in [6.45, 7) is 4.29. The molecule has 18 heavy (non-hydrogen) atoms. The quantitative estimate of drug-likeness (QED) is 0.860. The number of hydrogen-bond acceptors (Lipinski definition) is 1. The summed E-state index contributed by atoms with van der Waals surface area (Å²) in [7, 11) is 0. The van der Waals surface area contributed by atoms with Gasteiger partial charge in [-0.05, 0) is 68.0 Å². The second-order valence-corrected chi connectivity index (χ2v) is 6.16. The van der Waals surface area contributed by atoms with Gasteiger partial charge in [0.25, 0.3) is 0 Å². The van der Waals surface area contributed by atoms with E-state index in [9.17, 15) is 4.39 Å². The van der Waals surface area contributed by atoms with E-state index < -0.39 is 0 Å². The lowest BCUT2D eigenvalue weighted by Gasteiger charge is -2.20. The molecular formula is C15H21BrFN. The first-order valence-electron chi connectivity index (χ1n) is 6.84. The first kappa shape index (κ1) is 14.0. The minimum Gasteiger partial charge on any atom is -0.317 e. The predicted molar refractivity (Wildman–Crippen MR) is 77.2 cm³/mol. The van der Waals surface area contributed by atoms with Crippen LogP contribution in [0.4, 0.5) is 4.39 Å². The third-order valence-electron chi connectivity index (χ3n) is 3.89. The normalized spacial score (nSPS) is 23.5. The van der Waals surface area contributed by atoms with Crippen LogP contribution in [0, 0.1) is 17.7 Å². The Hall–Kier alpha value is -0.410. The number of hydrogen-bond donors (Lipinski definition) is 1. The van der Waals surface area contributed by atoms with Crippen LogP contribution in [0.1, 0.15) is 31.7 Å². The molecule has 1 aromatic rings. The lowest BCUT2D eigenvalue weighted by molar-refractivity contribution is 0.368. The maximum absolute atomic E-state index is 13.4. The lowest BCUT2D eigenvalue weighted by Crippen LogP contribution is -2.26. The summed E-state index contributed by atoms with van der Waals surface area (Å²) in [5.41, 5.74) is 1.12. The monoisotopic (exact) mass is 313 g/mol. The maximum atomic E-state index is 13.4. The first-order chi connectivity index (χ1) is 8.69. The van der Waals surface area contributed by atoms with Gasteiger partial charge in [-0.25, -0.2) is 4.39 Å². The fourth-order valence-corrected chi connectivity index (χ4v) is 3.53. The van der Waals surface area contributed by atoms with Gasteiger partial charge in [0.05, 0.1) is 0 Å². The molecule has 0 aliphatic heterocycles. The van der Waals surface area contributed by atoms with Gasteiger partial charge in [0.2, 0.25) is 0 Å². The molecule has 0 spiro atoms. The van der Waals surface area contributed by atoms with Crippen molar-refractivity contribution in [3.8, 4) is 0 Å². The van der Waals surface area contributed by atoms with Crippen LogP contribution in [-0.2, 0) is 6.42 Å². The first-order valence-corrected chi connectivity index (χ1v) is 7.64.